The first-order chi connectivity index (χ1) is 7.97. The highest BCUT2D eigenvalue weighted by Gasteiger charge is 2.18. The maximum Gasteiger partial charge on any atom is 0.271 e. The second kappa shape index (κ2) is 5.79. The van der Waals surface area contributed by atoms with Crippen molar-refractivity contribution in [2.75, 3.05) is 0 Å². The van der Waals surface area contributed by atoms with E-state index in [0.717, 1.165) is 0 Å². The summed E-state index contributed by atoms with van der Waals surface area (Å²) in [5, 5.41) is 20.5. The van der Waals surface area contributed by atoms with E-state index in [4.69, 9.17) is 5.73 Å². The number of nitro benzene ring substituents is 1. The molecule has 3 N–H and O–H groups in total. The Hall–Kier alpha value is -1.40. The Morgan fingerprint density at radius 2 is 2.29 bits per heavy atom. The quantitative estimate of drug-likeness (QED) is 0.497. The molecule has 0 fully saturated rings. The minimum Gasteiger partial charge on any atom is -0.506 e. The summed E-state index contributed by atoms with van der Waals surface area (Å²) in [6.07, 6.45) is 2.97. The molecule has 1 rings (SSSR count). The van der Waals surface area contributed by atoms with Gasteiger partial charge < -0.3 is 10.8 Å². The van der Waals surface area contributed by atoms with Crippen LogP contribution in [0.4, 0.5) is 5.69 Å². The van der Waals surface area contributed by atoms with Crippen LogP contribution in [0.2, 0.25) is 0 Å². The molecule has 0 saturated heterocycles. The van der Waals surface area contributed by atoms with Crippen molar-refractivity contribution < 1.29 is 10.0 Å². The minimum atomic E-state index is -0.520. The van der Waals surface area contributed by atoms with Gasteiger partial charge in [0, 0.05) is 23.7 Å². The van der Waals surface area contributed by atoms with Crippen LogP contribution in [0.1, 0.15) is 24.4 Å². The van der Waals surface area contributed by atoms with Gasteiger partial charge in [0.1, 0.15) is 5.75 Å². The van der Waals surface area contributed by atoms with Crippen LogP contribution in [0.25, 0.3) is 0 Å². The molecule has 0 unspecified atom stereocenters. The number of non-ortho nitro benzene ring substituents is 1. The van der Waals surface area contributed by atoms with Crippen LogP contribution < -0.4 is 5.73 Å². The fourth-order valence-electron chi connectivity index (χ4n) is 1.45. The topological polar surface area (TPSA) is 89.4 Å². The lowest BCUT2D eigenvalue weighted by molar-refractivity contribution is -0.385. The molecule has 0 saturated carbocycles. The van der Waals surface area contributed by atoms with E-state index in [1.165, 1.54) is 12.1 Å². The SMILES string of the molecule is C=CCC[C@H](N)c1cc([N+](=O)[O-])cc(Br)c1O. The molecule has 0 heterocycles. The van der Waals surface area contributed by atoms with Gasteiger partial charge >= 0.3 is 0 Å². The van der Waals surface area contributed by atoms with Gasteiger partial charge in [0.25, 0.3) is 5.69 Å². The van der Waals surface area contributed by atoms with Crippen LogP contribution in [0.15, 0.2) is 29.3 Å². The van der Waals surface area contributed by atoms with Gasteiger partial charge in [0.2, 0.25) is 0 Å². The van der Waals surface area contributed by atoms with Gasteiger partial charge in [-0.05, 0) is 28.8 Å². The fraction of sp³-hybridized carbons (Fsp3) is 0.273. The highest BCUT2D eigenvalue weighted by Crippen LogP contribution is 2.36. The van der Waals surface area contributed by atoms with E-state index >= 15 is 0 Å². The molecule has 1 aromatic carbocycles. The lowest BCUT2D eigenvalue weighted by Crippen LogP contribution is -2.10. The van der Waals surface area contributed by atoms with E-state index in [-0.39, 0.29) is 15.9 Å². The van der Waals surface area contributed by atoms with Crippen molar-refractivity contribution in [1.82, 2.24) is 0 Å². The van der Waals surface area contributed by atoms with Crippen molar-refractivity contribution in [3.8, 4) is 5.75 Å². The summed E-state index contributed by atoms with van der Waals surface area (Å²) in [5.74, 6) is -0.0489. The molecule has 5 nitrogen and oxygen atoms in total. The third-order valence-corrected chi connectivity index (χ3v) is 2.97. The van der Waals surface area contributed by atoms with E-state index in [1.807, 2.05) is 0 Å². The molecule has 0 aliphatic heterocycles. The first-order valence-electron chi connectivity index (χ1n) is 5.00. The number of nitro groups is 1. The molecule has 1 aromatic rings. The number of rotatable bonds is 5. The van der Waals surface area contributed by atoms with E-state index < -0.39 is 11.0 Å². The average molecular weight is 301 g/mol. The molecule has 1 atom stereocenters. The maximum absolute atomic E-state index is 10.7. The van der Waals surface area contributed by atoms with Crippen LogP contribution >= 0.6 is 15.9 Å². The lowest BCUT2D eigenvalue weighted by Gasteiger charge is -2.13. The predicted octanol–water partition coefficient (Wildman–Crippen LogP) is 3.03. The normalized spacial score (nSPS) is 12.1. The highest BCUT2D eigenvalue weighted by atomic mass is 79.9. The van der Waals surface area contributed by atoms with Gasteiger partial charge in [-0.15, -0.1) is 6.58 Å². The van der Waals surface area contributed by atoms with E-state index in [2.05, 4.69) is 22.5 Å². The zero-order chi connectivity index (χ0) is 13.0. The number of aromatic hydroxyl groups is 1. The first kappa shape index (κ1) is 13.7. The van der Waals surface area contributed by atoms with Crippen molar-refractivity contribution in [1.29, 1.82) is 0 Å². The third kappa shape index (κ3) is 3.28. The molecule has 0 aliphatic rings. The Bertz CT molecular complexity index is 449. The number of phenolic OH excluding ortho intramolecular Hbond substituents is 1. The zero-order valence-corrected chi connectivity index (χ0v) is 10.7. The van der Waals surface area contributed by atoms with Crippen LogP contribution in [-0.4, -0.2) is 10.0 Å². The Morgan fingerprint density at radius 1 is 1.65 bits per heavy atom. The smallest absolute Gasteiger partial charge is 0.271 e. The summed E-state index contributed by atoms with van der Waals surface area (Å²) in [6.45, 7) is 3.58. The second-order valence-electron chi connectivity index (χ2n) is 3.60. The number of hydrogen-bond acceptors (Lipinski definition) is 4. The number of halogens is 1. The molecule has 0 aliphatic carbocycles. The number of benzene rings is 1. The van der Waals surface area contributed by atoms with Crippen molar-refractivity contribution in [2.24, 2.45) is 5.73 Å². The molecule has 17 heavy (non-hydrogen) atoms. The molecule has 0 aromatic heterocycles. The fourth-order valence-corrected chi connectivity index (χ4v) is 1.91. The Labute approximate surface area is 107 Å². The first-order valence-corrected chi connectivity index (χ1v) is 5.80. The van der Waals surface area contributed by atoms with Crippen molar-refractivity contribution in [3.63, 3.8) is 0 Å². The number of nitrogens with zero attached hydrogens (tertiary/aromatic N) is 1. The van der Waals surface area contributed by atoms with Gasteiger partial charge in [-0.3, -0.25) is 10.1 Å². The number of phenols is 1. The van der Waals surface area contributed by atoms with Crippen LogP contribution in [-0.2, 0) is 0 Å². The third-order valence-electron chi connectivity index (χ3n) is 2.37. The molecule has 6 heteroatoms. The summed E-state index contributed by atoms with van der Waals surface area (Å²) in [5.41, 5.74) is 6.14. The predicted molar refractivity (Wildman–Crippen MR) is 68.8 cm³/mol. The standard InChI is InChI=1S/C11H13BrN2O3/c1-2-3-4-10(13)8-5-7(14(16)17)6-9(12)11(8)15/h2,5-6,10,15H,1,3-4,13H2/t10-/m0/s1. The molecule has 0 spiro atoms. The summed E-state index contributed by atoms with van der Waals surface area (Å²) in [7, 11) is 0. The van der Waals surface area contributed by atoms with Crippen LogP contribution in [0.3, 0.4) is 0 Å². The second-order valence-corrected chi connectivity index (χ2v) is 4.45. The molecular weight excluding hydrogens is 288 g/mol. The Balaban J connectivity index is 3.12. The van der Waals surface area contributed by atoms with Gasteiger partial charge in [0.15, 0.2) is 0 Å². The van der Waals surface area contributed by atoms with E-state index in [9.17, 15) is 15.2 Å². The van der Waals surface area contributed by atoms with Gasteiger partial charge in [-0.1, -0.05) is 6.08 Å². The zero-order valence-electron chi connectivity index (χ0n) is 9.10. The molecule has 0 amide bonds. The van der Waals surface area contributed by atoms with Gasteiger partial charge in [0.05, 0.1) is 9.40 Å². The molecule has 92 valence electrons. The summed E-state index contributed by atoms with van der Waals surface area (Å²) in [4.78, 5) is 10.2. The van der Waals surface area contributed by atoms with Gasteiger partial charge in [-0.2, -0.15) is 0 Å². The number of allylic oxidation sites excluding steroid dienone is 1. The average Bonchev–Trinajstić information content (AvgIpc) is 2.29. The number of hydrogen-bond donors (Lipinski definition) is 2. The maximum atomic E-state index is 10.7. The molecule has 0 bridgehead atoms. The lowest BCUT2D eigenvalue weighted by atomic mass is 10.0. The summed E-state index contributed by atoms with van der Waals surface area (Å²) >= 11 is 3.07. The van der Waals surface area contributed by atoms with Gasteiger partial charge in [-0.25, -0.2) is 0 Å². The largest absolute Gasteiger partial charge is 0.506 e. The van der Waals surface area contributed by atoms with Crippen molar-refractivity contribution in [3.05, 3.63) is 44.9 Å². The van der Waals surface area contributed by atoms with Crippen molar-refractivity contribution >= 4 is 21.6 Å². The monoisotopic (exact) mass is 300 g/mol. The van der Waals surface area contributed by atoms with Crippen LogP contribution in [0, 0.1) is 10.1 Å². The Morgan fingerprint density at radius 3 is 2.82 bits per heavy atom. The van der Waals surface area contributed by atoms with E-state index in [0.29, 0.717) is 18.4 Å². The molecular formula is C11H13BrN2O3. The molecule has 0 radical (unpaired) electrons. The van der Waals surface area contributed by atoms with Crippen molar-refractivity contribution in [2.45, 2.75) is 18.9 Å². The Kier molecular flexibility index (Phi) is 4.65. The summed E-state index contributed by atoms with van der Waals surface area (Å²) in [6, 6.07) is 2.09. The highest BCUT2D eigenvalue weighted by molar-refractivity contribution is 9.10. The summed E-state index contributed by atoms with van der Waals surface area (Å²) < 4.78 is 0.274. The minimum absolute atomic E-state index is 0.0489. The van der Waals surface area contributed by atoms with E-state index in [1.54, 1.807) is 6.08 Å². The number of nitrogens with two attached hydrogens (primary N) is 1. The van der Waals surface area contributed by atoms with Crippen LogP contribution in [0.5, 0.6) is 5.75 Å².